The van der Waals surface area contributed by atoms with Crippen LogP contribution in [0.2, 0.25) is 0 Å². The molecule has 76 valence electrons. The minimum atomic E-state index is 0.410. The van der Waals surface area contributed by atoms with Gasteiger partial charge in [-0.1, -0.05) is 28.1 Å². The molecule has 14 heavy (non-hydrogen) atoms. The van der Waals surface area contributed by atoms with Crippen LogP contribution in [-0.2, 0) is 4.74 Å². The molecule has 1 fully saturated rings. The summed E-state index contributed by atoms with van der Waals surface area (Å²) in [7, 11) is 0. The predicted octanol–water partition coefficient (Wildman–Crippen LogP) is 3.73. The molecule has 2 unspecified atom stereocenters. The van der Waals surface area contributed by atoms with E-state index in [4.69, 9.17) is 4.74 Å². The summed E-state index contributed by atoms with van der Waals surface area (Å²) in [5.74, 6) is 0.677. The maximum atomic E-state index is 5.55. The van der Waals surface area contributed by atoms with Crippen LogP contribution in [0, 0.1) is 0 Å². The second-order valence-electron chi connectivity index (χ2n) is 3.96. The Morgan fingerprint density at radius 1 is 1.43 bits per heavy atom. The molecule has 1 nitrogen and oxygen atoms in total. The van der Waals surface area contributed by atoms with E-state index >= 15 is 0 Å². The van der Waals surface area contributed by atoms with Crippen LogP contribution in [0.5, 0.6) is 0 Å². The summed E-state index contributed by atoms with van der Waals surface area (Å²) in [5, 5.41) is 0. The van der Waals surface area contributed by atoms with E-state index in [-0.39, 0.29) is 0 Å². The monoisotopic (exact) mass is 254 g/mol. The quantitative estimate of drug-likeness (QED) is 0.742. The van der Waals surface area contributed by atoms with Gasteiger partial charge >= 0.3 is 0 Å². The molecule has 0 amide bonds. The number of rotatable bonds is 1. The Balaban J connectivity index is 2.14. The van der Waals surface area contributed by atoms with Crippen LogP contribution in [0.15, 0.2) is 28.7 Å². The maximum Gasteiger partial charge on any atom is 0.0552 e. The van der Waals surface area contributed by atoms with Gasteiger partial charge in [-0.3, -0.25) is 0 Å². The van der Waals surface area contributed by atoms with E-state index in [1.165, 1.54) is 10.0 Å². The number of halogens is 1. The van der Waals surface area contributed by atoms with Crippen molar-refractivity contribution in [2.45, 2.75) is 31.8 Å². The third-order valence-corrected chi connectivity index (χ3v) is 3.30. The van der Waals surface area contributed by atoms with Crippen molar-refractivity contribution in [3.05, 3.63) is 34.3 Å². The highest BCUT2D eigenvalue weighted by Gasteiger charge is 2.20. The van der Waals surface area contributed by atoms with Gasteiger partial charge in [-0.25, -0.2) is 0 Å². The fourth-order valence-corrected chi connectivity index (χ4v) is 2.48. The third-order valence-electron chi connectivity index (χ3n) is 2.81. The molecule has 1 aliphatic heterocycles. The lowest BCUT2D eigenvalue weighted by Crippen LogP contribution is -2.21. The van der Waals surface area contributed by atoms with E-state index in [0.717, 1.165) is 19.4 Å². The number of hydrogen-bond acceptors (Lipinski definition) is 1. The van der Waals surface area contributed by atoms with Crippen LogP contribution in [0.25, 0.3) is 0 Å². The SMILES string of the molecule is CC1CC(c2cccc(Br)c2)CCO1. The molecule has 1 saturated heterocycles. The van der Waals surface area contributed by atoms with Crippen LogP contribution < -0.4 is 0 Å². The first kappa shape index (κ1) is 10.2. The fraction of sp³-hybridized carbons (Fsp3) is 0.500. The molecular formula is C12H15BrO. The van der Waals surface area contributed by atoms with Gasteiger partial charge in [0.25, 0.3) is 0 Å². The van der Waals surface area contributed by atoms with E-state index < -0.39 is 0 Å². The normalized spacial score (nSPS) is 27.6. The Hall–Kier alpha value is -0.340. The molecule has 1 aliphatic rings. The smallest absolute Gasteiger partial charge is 0.0552 e. The minimum absolute atomic E-state index is 0.410. The summed E-state index contributed by atoms with van der Waals surface area (Å²) in [6, 6.07) is 8.63. The van der Waals surface area contributed by atoms with Gasteiger partial charge in [0.1, 0.15) is 0 Å². The molecule has 1 heterocycles. The Morgan fingerprint density at radius 2 is 2.29 bits per heavy atom. The summed E-state index contributed by atoms with van der Waals surface area (Å²) in [4.78, 5) is 0. The van der Waals surface area contributed by atoms with E-state index in [1.54, 1.807) is 0 Å². The van der Waals surface area contributed by atoms with Crippen LogP contribution in [0.1, 0.15) is 31.2 Å². The lowest BCUT2D eigenvalue weighted by molar-refractivity contribution is 0.0186. The van der Waals surface area contributed by atoms with Crippen molar-refractivity contribution < 1.29 is 4.74 Å². The highest BCUT2D eigenvalue weighted by atomic mass is 79.9. The average molecular weight is 255 g/mol. The standard InChI is InChI=1S/C12H15BrO/c1-9-7-11(5-6-14-9)10-3-2-4-12(13)8-10/h2-4,8-9,11H,5-7H2,1H3. The first-order valence-electron chi connectivity index (χ1n) is 5.13. The van der Waals surface area contributed by atoms with Crippen LogP contribution in [-0.4, -0.2) is 12.7 Å². The lowest BCUT2D eigenvalue weighted by Gasteiger charge is -2.27. The van der Waals surface area contributed by atoms with Crippen molar-refractivity contribution >= 4 is 15.9 Å². The van der Waals surface area contributed by atoms with E-state index in [1.807, 2.05) is 0 Å². The van der Waals surface area contributed by atoms with Gasteiger partial charge < -0.3 is 4.74 Å². The predicted molar refractivity (Wildman–Crippen MR) is 61.5 cm³/mol. The van der Waals surface area contributed by atoms with Gasteiger partial charge in [0.05, 0.1) is 6.10 Å². The summed E-state index contributed by atoms with van der Waals surface area (Å²) in [6.07, 6.45) is 2.71. The molecule has 0 aromatic heterocycles. The van der Waals surface area contributed by atoms with Crippen molar-refractivity contribution in [3.63, 3.8) is 0 Å². The summed E-state index contributed by atoms with van der Waals surface area (Å²) < 4.78 is 6.72. The molecule has 2 heteroatoms. The first-order valence-corrected chi connectivity index (χ1v) is 5.92. The van der Waals surface area contributed by atoms with Gasteiger partial charge in [0, 0.05) is 11.1 Å². The van der Waals surface area contributed by atoms with Crippen molar-refractivity contribution in [2.75, 3.05) is 6.61 Å². The van der Waals surface area contributed by atoms with Gasteiger partial charge in [-0.05, 0) is 43.4 Å². The van der Waals surface area contributed by atoms with E-state index in [2.05, 4.69) is 47.1 Å². The highest BCUT2D eigenvalue weighted by molar-refractivity contribution is 9.10. The molecule has 0 N–H and O–H groups in total. The van der Waals surface area contributed by atoms with Crippen molar-refractivity contribution in [1.82, 2.24) is 0 Å². The largest absolute Gasteiger partial charge is 0.378 e. The number of benzene rings is 1. The Kier molecular flexibility index (Phi) is 3.24. The Morgan fingerprint density at radius 3 is 3.00 bits per heavy atom. The molecule has 0 spiro atoms. The molecule has 2 atom stereocenters. The molecule has 0 radical (unpaired) electrons. The summed E-state index contributed by atoms with van der Waals surface area (Å²) in [6.45, 7) is 3.06. The van der Waals surface area contributed by atoms with Gasteiger partial charge in [0.2, 0.25) is 0 Å². The summed E-state index contributed by atoms with van der Waals surface area (Å²) >= 11 is 3.51. The van der Waals surface area contributed by atoms with E-state index in [0.29, 0.717) is 12.0 Å². The fourth-order valence-electron chi connectivity index (χ4n) is 2.06. The Labute approximate surface area is 93.6 Å². The molecule has 0 bridgehead atoms. The van der Waals surface area contributed by atoms with Crippen molar-refractivity contribution in [1.29, 1.82) is 0 Å². The van der Waals surface area contributed by atoms with Crippen LogP contribution in [0.4, 0.5) is 0 Å². The molecule has 1 aromatic rings. The maximum absolute atomic E-state index is 5.55. The highest BCUT2D eigenvalue weighted by Crippen LogP contribution is 2.30. The second-order valence-corrected chi connectivity index (χ2v) is 4.87. The van der Waals surface area contributed by atoms with Crippen molar-refractivity contribution in [2.24, 2.45) is 0 Å². The minimum Gasteiger partial charge on any atom is -0.378 e. The number of ether oxygens (including phenoxy) is 1. The topological polar surface area (TPSA) is 9.23 Å². The number of hydrogen-bond donors (Lipinski definition) is 0. The average Bonchev–Trinajstić information content (AvgIpc) is 2.18. The second kappa shape index (κ2) is 4.45. The van der Waals surface area contributed by atoms with Gasteiger partial charge in [-0.2, -0.15) is 0 Å². The van der Waals surface area contributed by atoms with Crippen LogP contribution in [0.3, 0.4) is 0 Å². The first-order chi connectivity index (χ1) is 6.75. The molecule has 2 rings (SSSR count). The molecule has 0 aliphatic carbocycles. The Bertz CT molecular complexity index is 311. The third kappa shape index (κ3) is 2.37. The molecular weight excluding hydrogens is 240 g/mol. The zero-order chi connectivity index (χ0) is 9.97. The zero-order valence-corrected chi connectivity index (χ0v) is 9.96. The molecule has 1 aromatic carbocycles. The van der Waals surface area contributed by atoms with Gasteiger partial charge in [-0.15, -0.1) is 0 Å². The van der Waals surface area contributed by atoms with Gasteiger partial charge in [0.15, 0.2) is 0 Å². The van der Waals surface area contributed by atoms with Crippen LogP contribution >= 0.6 is 15.9 Å². The van der Waals surface area contributed by atoms with Crippen molar-refractivity contribution in [3.8, 4) is 0 Å². The molecule has 0 saturated carbocycles. The van der Waals surface area contributed by atoms with E-state index in [9.17, 15) is 0 Å². The zero-order valence-electron chi connectivity index (χ0n) is 8.37. The summed E-state index contributed by atoms with van der Waals surface area (Å²) in [5.41, 5.74) is 1.44. The lowest BCUT2D eigenvalue weighted by atomic mass is 9.89.